The Morgan fingerprint density at radius 1 is 0.921 bits per heavy atom. The van der Waals surface area contributed by atoms with Crippen LogP contribution in [0.3, 0.4) is 0 Å². The van der Waals surface area contributed by atoms with Crippen LogP contribution in [0.2, 0.25) is 0 Å². The molecule has 0 radical (unpaired) electrons. The Balaban J connectivity index is 1.27. The molecular weight excluding hydrogens is 488 g/mol. The first-order valence-electron chi connectivity index (χ1n) is 15.6. The van der Waals surface area contributed by atoms with E-state index in [-0.39, 0.29) is 16.4 Å². The lowest BCUT2D eigenvalue weighted by molar-refractivity contribution is -0.0355. The lowest BCUT2D eigenvalue weighted by atomic mass is 9.47. The van der Waals surface area contributed by atoms with Crippen molar-refractivity contribution in [3.8, 4) is 0 Å². The average molecular weight is 541 g/mol. The van der Waals surface area contributed by atoms with Crippen molar-refractivity contribution in [2.24, 2.45) is 46.3 Å². The Kier molecular flexibility index (Phi) is 7.99. The van der Waals surface area contributed by atoms with Crippen LogP contribution in [0.25, 0.3) is 0 Å². The molecule has 38 heavy (non-hydrogen) atoms. The van der Waals surface area contributed by atoms with E-state index in [4.69, 9.17) is 4.18 Å². The fourth-order valence-corrected chi connectivity index (χ4v) is 10.6. The normalized spacial score (nSPS) is 37.8. The van der Waals surface area contributed by atoms with Crippen molar-refractivity contribution in [3.05, 3.63) is 41.5 Å². The Morgan fingerprint density at radius 3 is 2.32 bits per heavy atom. The number of fused-ring (bicyclic) bond motifs is 5. The van der Waals surface area contributed by atoms with Crippen LogP contribution in [0.4, 0.5) is 0 Å². The third kappa shape index (κ3) is 5.18. The quantitative estimate of drug-likeness (QED) is 0.244. The molecule has 1 aromatic rings. The number of benzene rings is 1. The predicted octanol–water partition coefficient (Wildman–Crippen LogP) is 9.11. The largest absolute Gasteiger partial charge is 0.297 e. The zero-order chi connectivity index (χ0) is 27.3. The predicted molar refractivity (Wildman–Crippen MR) is 156 cm³/mol. The molecule has 0 bridgehead atoms. The molecule has 8 unspecified atom stereocenters. The van der Waals surface area contributed by atoms with Crippen molar-refractivity contribution in [2.45, 2.75) is 123 Å². The van der Waals surface area contributed by atoms with Crippen molar-refractivity contribution >= 4 is 10.1 Å². The molecule has 3 saturated carbocycles. The van der Waals surface area contributed by atoms with Crippen molar-refractivity contribution in [1.82, 2.24) is 0 Å². The molecule has 0 spiro atoms. The monoisotopic (exact) mass is 540 g/mol. The SMILES string of the molecule is Cc1ccc(S(=O)(=O)OC2CCC3(C)C(CC=C4C3CCC3(C)C4CCC3C(C)CCCC(C)C)C2)cc1. The highest BCUT2D eigenvalue weighted by molar-refractivity contribution is 7.86. The fraction of sp³-hybridized carbons (Fsp3) is 0.765. The summed E-state index contributed by atoms with van der Waals surface area (Å²) in [5, 5.41) is 0. The Bertz CT molecular complexity index is 1120. The maximum atomic E-state index is 13.0. The zero-order valence-corrected chi connectivity index (χ0v) is 25.7. The topological polar surface area (TPSA) is 43.4 Å². The van der Waals surface area contributed by atoms with Gasteiger partial charge in [0.05, 0.1) is 11.0 Å². The lowest BCUT2D eigenvalue weighted by Crippen LogP contribution is -2.50. The molecule has 8 atom stereocenters. The molecule has 0 aromatic heterocycles. The minimum Gasteiger partial charge on any atom is -0.263 e. The van der Waals surface area contributed by atoms with Gasteiger partial charge in [-0.05, 0) is 117 Å². The molecule has 0 aliphatic heterocycles. The second-order valence-electron chi connectivity index (χ2n) is 14.5. The van der Waals surface area contributed by atoms with Gasteiger partial charge in [0.25, 0.3) is 10.1 Å². The molecule has 3 nitrogen and oxygen atoms in total. The summed E-state index contributed by atoms with van der Waals surface area (Å²) in [4.78, 5) is 0.281. The van der Waals surface area contributed by atoms with E-state index < -0.39 is 10.1 Å². The summed E-state index contributed by atoms with van der Waals surface area (Å²) in [5.41, 5.74) is 3.59. The molecule has 212 valence electrons. The highest BCUT2D eigenvalue weighted by atomic mass is 32.2. The summed E-state index contributed by atoms with van der Waals surface area (Å²) >= 11 is 0. The summed E-state index contributed by atoms with van der Waals surface area (Å²) in [6.45, 7) is 14.4. The van der Waals surface area contributed by atoms with E-state index >= 15 is 0 Å². The molecule has 0 saturated heterocycles. The highest BCUT2D eigenvalue weighted by Gasteiger charge is 2.58. The molecule has 0 heterocycles. The third-order valence-corrected chi connectivity index (χ3v) is 13.2. The first-order valence-corrected chi connectivity index (χ1v) is 17.0. The van der Waals surface area contributed by atoms with Crippen molar-refractivity contribution in [3.63, 3.8) is 0 Å². The van der Waals surface area contributed by atoms with Gasteiger partial charge in [-0.3, -0.25) is 4.18 Å². The molecule has 4 aliphatic rings. The van der Waals surface area contributed by atoms with E-state index in [1.165, 1.54) is 44.9 Å². The summed E-state index contributed by atoms with van der Waals surface area (Å²) < 4.78 is 31.8. The summed E-state index contributed by atoms with van der Waals surface area (Å²) in [5.74, 6) is 4.45. The molecule has 3 fully saturated rings. The first-order chi connectivity index (χ1) is 17.9. The van der Waals surface area contributed by atoms with Gasteiger partial charge in [-0.2, -0.15) is 8.42 Å². The minimum atomic E-state index is -3.72. The van der Waals surface area contributed by atoms with Gasteiger partial charge in [0.15, 0.2) is 0 Å². The maximum absolute atomic E-state index is 13.0. The third-order valence-electron chi connectivity index (χ3n) is 11.8. The number of rotatable bonds is 8. The van der Waals surface area contributed by atoms with Gasteiger partial charge in [-0.15, -0.1) is 0 Å². The molecule has 4 heteroatoms. The molecule has 5 rings (SSSR count). The standard InChI is InChI=1S/C34H52O3S/c1-23(2)8-7-9-25(4)30-16-17-31-29-15-12-26-22-27(37-38(35,36)28-13-10-24(3)11-14-28)18-20-33(26,5)32(29)19-21-34(30,31)6/h10-11,13-15,23,25-27,30-32H,7-9,12,16-22H2,1-6H3. The van der Waals surface area contributed by atoms with Crippen LogP contribution in [0, 0.1) is 53.3 Å². The van der Waals surface area contributed by atoms with E-state index in [1.54, 1.807) is 17.7 Å². The van der Waals surface area contributed by atoms with Gasteiger partial charge < -0.3 is 0 Å². The Labute approximate surface area is 233 Å². The number of hydrogen-bond acceptors (Lipinski definition) is 3. The number of aryl methyl sites for hydroxylation is 1. The van der Waals surface area contributed by atoms with E-state index in [2.05, 4.69) is 40.7 Å². The van der Waals surface area contributed by atoms with Gasteiger partial charge in [0, 0.05) is 0 Å². The van der Waals surface area contributed by atoms with Crippen molar-refractivity contribution < 1.29 is 12.6 Å². The summed E-state index contributed by atoms with van der Waals surface area (Å²) in [6.07, 6.45) is 15.9. The van der Waals surface area contributed by atoms with Crippen LogP contribution in [0.1, 0.15) is 111 Å². The zero-order valence-electron chi connectivity index (χ0n) is 24.8. The summed E-state index contributed by atoms with van der Waals surface area (Å²) in [7, 11) is -3.72. The molecule has 0 N–H and O–H groups in total. The molecule has 1 aromatic carbocycles. The second kappa shape index (κ2) is 10.7. The van der Waals surface area contributed by atoms with E-state index in [0.717, 1.165) is 54.9 Å². The maximum Gasteiger partial charge on any atom is 0.297 e. The van der Waals surface area contributed by atoms with Gasteiger partial charge in [-0.1, -0.05) is 83.2 Å². The van der Waals surface area contributed by atoms with Crippen LogP contribution in [-0.2, 0) is 14.3 Å². The average Bonchev–Trinajstić information content (AvgIpc) is 3.21. The van der Waals surface area contributed by atoms with Crippen LogP contribution in [-0.4, -0.2) is 14.5 Å². The van der Waals surface area contributed by atoms with E-state index in [0.29, 0.717) is 17.3 Å². The van der Waals surface area contributed by atoms with Crippen molar-refractivity contribution in [2.75, 3.05) is 0 Å². The van der Waals surface area contributed by atoms with Gasteiger partial charge in [0.1, 0.15) is 0 Å². The Morgan fingerprint density at radius 2 is 1.61 bits per heavy atom. The van der Waals surface area contributed by atoms with Gasteiger partial charge in [-0.25, -0.2) is 0 Å². The van der Waals surface area contributed by atoms with Crippen LogP contribution in [0.5, 0.6) is 0 Å². The molecule has 4 aliphatic carbocycles. The van der Waals surface area contributed by atoms with E-state index in [1.807, 2.05) is 19.1 Å². The van der Waals surface area contributed by atoms with Crippen LogP contribution >= 0.6 is 0 Å². The molecular formula is C34H52O3S. The van der Waals surface area contributed by atoms with Crippen LogP contribution in [0.15, 0.2) is 40.8 Å². The number of hydrogen-bond donors (Lipinski definition) is 0. The Hall–Kier alpha value is -1.13. The first kappa shape index (κ1) is 28.4. The lowest BCUT2D eigenvalue weighted by Gasteiger charge is -2.58. The van der Waals surface area contributed by atoms with E-state index in [9.17, 15) is 8.42 Å². The molecule has 0 amide bonds. The van der Waals surface area contributed by atoms with Gasteiger partial charge in [0.2, 0.25) is 0 Å². The highest BCUT2D eigenvalue weighted by Crippen LogP contribution is 2.67. The van der Waals surface area contributed by atoms with Gasteiger partial charge >= 0.3 is 0 Å². The second-order valence-corrected chi connectivity index (χ2v) is 16.1. The van der Waals surface area contributed by atoms with Crippen molar-refractivity contribution in [1.29, 1.82) is 0 Å². The van der Waals surface area contributed by atoms with Crippen LogP contribution < -0.4 is 0 Å². The smallest absolute Gasteiger partial charge is 0.263 e. The minimum absolute atomic E-state index is 0.203. The number of allylic oxidation sites excluding steroid dienone is 2. The fourth-order valence-electron chi connectivity index (χ4n) is 9.52. The summed E-state index contributed by atoms with van der Waals surface area (Å²) in [6, 6.07) is 7.04.